The van der Waals surface area contributed by atoms with Crippen LogP contribution in [-0.4, -0.2) is 12.5 Å². The normalized spacial score (nSPS) is 11.1. The second-order valence-electron chi connectivity index (χ2n) is 6.21. The van der Waals surface area contributed by atoms with E-state index in [1.54, 1.807) is 18.2 Å². The Morgan fingerprint density at radius 2 is 1.93 bits per heavy atom. The van der Waals surface area contributed by atoms with E-state index in [9.17, 15) is 10.1 Å². The summed E-state index contributed by atoms with van der Waals surface area (Å²) in [6.45, 7) is 4.35. The first-order valence-corrected chi connectivity index (χ1v) is 9.25. The van der Waals surface area contributed by atoms with Gasteiger partial charge in [0.2, 0.25) is 0 Å². The van der Waals surface area contributed by atoms with Gasteiger partial charge in [-0.05, 0) is 54.6 Å². The van der Waals surface area contributed by atoms with Crippen molar-refractivity contribution in [3.05, 3.63) is 76.3 Å². The van der Waals surface area contributed by atoms with Crippen molar-refractivity contribution in [2.24, 2.45) is 0 Å². The highest BCUT2D eigenvalue weighted by Crippen LogP contribution is 2.30. The molecular formula is C23H19ClN2O2. The van der Waals surface area contributed by atoms with Gasteiger partial charge in [0, 0.05) is 16.1 Å². The maximum absolute atomic E-state index is 12.6. The highest BCUT2D eigenvalue weighted by atomic mass is 35.5. The summed E-state index contributed by atoms with van der Waals surface area (Å²) in [6, 6.07) is 18.7. The van der Waals surface area contributed by atoms with Crippen molar-refractivity contribution >= 4 is 40.0 Å². The number of nitrogens with one attached hydrogen (secondary N) is 1. The lowest BCUT2D eigenvalue weighted by Crippen LogP contribution is -2.14. The summed E-state index contributed by atoms with van der Waals surface area (Å²) in [6.07, 6.45) is 1.59. The largest absolute Gasteiger partial charge is 0.493 e. The summed E-state index contributed by atoms with van der Waals surface area (Å²) in [4.78, 5) is 12.6. The molecule has 0 spiro atoms. The molecule has 0 saturated carbocycles. The fraction of sp³-hybridized carbons (Fsp3) is 0.130. The second kappa shape index (κ2) is 8.60. The van der Waals surface area contributed by atoms with E-state index in [2.05, 4.69) is 5.32 Å². The van der Waals surface area contributed by atoms with Gasteiger partial charge in [-0.2, -0.15) is 5.26 Å². The van der Waals surface area contributed by atoms with E-state index in [1.165, 1.54) is 0 Å². The van der Waals surface area contributed by atoms with Gasteiger partial charge in [-0.15, -0.1) is 0 Å². The van der Waals surface area contributed by atoms with Crippen molar-refractivity contribution in [1.82, 2.24) is 0 Å². The summed E-state index contributed by atoms with van der Waals surface area (Å²) >= 11 is 6.01. The van der Waals surface area contributed by atoms with Gasteiger partial charge in [-0.25, -0.2) is 0 Å². The Balaban J connectivity index is 1.99. The number of amides is 1. The number of hydrogen-bond donors (Lipinski definition) is 1. The number of ether oxygens (including phenoxy) is 1. The number of halogens is 1. The molecular weight excluding hydrogens is 372 g/mol. The molecule has 0 aliphatic heterocycles. The first-order chi connectivity index (χ1) is 13.5. The number of nitriles is 1. The maximum Gasteiger partial charge on any atom is 0.266 e. The van der Waals surface area contributed by atoms with Crippen LogP contribution < -0.4 is 10.1 Å². The number of fused-ring (bicyclic) bond motifs is 1. The fourth-order valence-corrected chi connectivity index (χ4v) is 3.10. The lowest BCUT2D eigenvalue weighted by molar-refractivity contribution is -0.112. The molecule has 0 aliphatic rings. The summed E-state index contributed by atoms with van der Waals surface area (Å²) in [5, 5.41) is 14.7. The number of nitrogens with zero attached hydrogens (tertiary/aromatic N) is 1. The van der Waals surface area contributed by atoms with Crippen LogP contribution in [0, 0.1) is 18.3 Å². The zero-order valence-electron chi connectivity index (χ0n) is 15.6. The molecule has 0 fully saturated rings. The SMILES string of the molecule is CCOc1ccc(/C=C(\C#N)C(=O)Nc2cc(Cl)ccc2C)c2ccccc12. The van der Waals surface area contributed by atoms with E-state index in [4.69, 9.17) is 16.3 Å². The molecule has 1 N–H and O–H groups in total. The minimum Gasteiger partial charge on any atom is -0.493 e. The van der Waals surface area contributed by atoms with Gasteiger partial charge >= 0.3 is 0 Å². The Morgan fingerprint density at radius 3 is 2.64 bits per heavy atom. The van der Waals surface area contributed by atoms with Crippen LogP contribution >= 0.6 is 11.6 Å². The Bertz CT molecular complexity index is 1110. The van der Waals surface area contributed by atoms with Gasteiger partial charge in [0.1, 0.15) is 17.4 Å². The third kappa shape index (κ3) is 4.16. The molecule has 3 aromatic carbocycles. The molecule has 140 valence electrons. The molecule has 0 aromatic heterocycles. The average Bonchev–Trinajstić information content (AvgIpc) is 2.70. The summed E-state index contributed by atoms with van der Waals surface area (Å²) in [5.41, 5.74) is 2.22. The van der Waals surface area contributed by atoms with E-state index in [0.717, 1.165) is 27.6 Å². The average molecular weight is 391 g/mol. The van der Waals surface area contributed by atoms with Gasteiger partial charge < -0.3 is 10.1 Å². The molecule has 0 saturated heterocycles. The summed E-state index contributed by atoms with van der Waals surface area (Å²) in [7, 11) is 0. The van der Waals surface area contributed by atoms with Gasteiger partial charge in [-0.3, -0.25) is 4.79 Å². The summed E-state index contributed by atoms with van der Waals surface area (Å²) in [5.74, 6) is 0.290. The van der Waals surface area contributed by atoms with Crippen LogP contribution in [0.2, 0.25) is 5.02 Å². The van der Waals surface area contributed by atoms with Gasteiger partial charge in [0.25, 0.3) is 5.91 Å². The standard InChI is InChI=1S/C23H19ClN2O2/c1-3-28-22-11-9-16(19-6-4-5-7-20(19)22)12-17(14-25)23(27)26-21-13-18(24)10-8-15(21)2/h4-13H,3H2,1-2H3,(H,26,27)/b17-12+. The minimum absolute atomic E-state index is 0.00804. The number of carbonyl (C=O) groups is 1. The minimum atomic E-state index is -0.481. The molecule has 0 radical (unpaired) electrons. The van der Waals surface area contributed by atoms with Crippen molar-refractivity contribution in [2.45, 2.75) is 13.8 Å². The third-order valence-electron chi connectivity index (χ3n) is 4.33. The molecule has 1 amide bonds. The molecule has 0 bridgehead atoms. The van der Waals surface area contributed by atoms with Gasteiger partial charge in [0.15, 0.2) is 0 Å². The van der Waals surface area contributed by atoms with Crippen LogP contribution in [0.25, 0.3) is 16.8 Å². The molecule has 0 heterocycles. The maximum atomic E-state index is 12.6. The number of carbonyl (C=O) groups excluding carboxylic acids is 1. The van der Waals surface area contributed by atoms with Crippen LogP contribution in [0.3, 0.4) is 0 Å². The van der Waals surface area contributed by atoms with E-state index >= 15 is 0 Å². The van der Waals surface area contributed by atoms with Crippen molar-refractivity contribution < 1.29 is 9.53 Å². The van der Waals surface area contributed by atoms with Crippen molar-refractivity contribution in [3.8, 4) is 11.8 Å². The molecule has 3 aromatic rings. The smallest absolute Gasteiger partial charge is 0.266 e. The third-order valence-corrected chi connectivity index (χ3v) is 4.57. The van der Waals surface area contributed by atoms with E-state index in [-0.39, 0.29) is 5.57 Å². The predicted octanol–water partition coefficient (Wildman–Crippen LogP) is 5.75. The van der Waals surface area contributed by atoms with Crippen LogP contribution in [0.4, 0.5) is 5.69 Å². The fourth-order valence-electron chi connectivity index (χ4n) is 2.92. The zero-order valence-corrected chi connectivity index (χ0v) is 16.4. The van der Waals surface area contributed by atoms with E-state index in [0.29, 0.717) is 17.3 Å². The molecule has 5 heteroatoms. The highest BCUT2D eigenvalue weighted by Gasteiger charge is 2.13. The first kappa shape index (κ1) is 19.5. The molecule has 0 atom stereocenters. The molecule has 0 unspecified atom stereocenters. The van der Waals surface area contributed by atoms with Gasteiger partial charge in [0.05, 0.1) is 6.61 Å². The topological polar surface area (TPSA) is 62.1 Å². The van der Waals surface area contributed by atoms with Crippen LogP contribution in [0.1, 0.15) is 18.1 Å². The molecule has 4 nitrogen and oxygen atoms in total. The molecule has 0 aliphatic carbocycles. The lowest BCUT2D eigenvalue weighted by Gasteiger charge is -2.11. The number of rotatable bonds is 5. The number of hydrogen-bond acceptors (Lipinski definition) is 3. The Morgan fingerprint density at radius 1 is 1.18 bits per heavy atom. The van der Waals surface area contributed by atoms with Crippen LogP contribution in [0.15, 0.2) is 60.2 Å². The van der Waals surface area contributed by atoms with Crippen LogP contribution in [0.5, 0.6) is 5.75 Å². The predicted molar refractivity (Wildman–Crippen MR) is 114 cm³/mol. The van der Waals surface area contributed by atoms with Crippen molar-refractivity contribution in [3.63, 3.8) is 0 Å². The Kier molecular flexibility index (Phi) is 5.98. The zero-order chi connectivity index (χ0) is 20.1. The Labute approximate surface area is 169 Å². The van der Waals surface area contributed by atoms with Crippen LogP contribution in [-0.2, 0) is 4.79 Å². The van der Waals surface area contributed by atoms with Crippen molar-refractivity contribution in [2.75, 3.05) is 11.9 Å². The Hall–Kier alpha value is -3.29. The first-order valence-electron chi connectivity index (χ1n) is 8.87. The van der Waals surface area contributed by atoms with Crippen molar-refractivity contribution in [1.29, 1.82) is 5.26 Å². The highest BCUT2D eigenvalue weighted by molar-refractivity contribution is 6.31. The molecule has 28 heavy (non-hydrogen) atoms. The van der Waals surface area contributed by atoms with E-state index < -0.39 is 5.91 Å². The van der Waals surface area contributed by atoms with Gasteiger partial charge in [-0.1, -0.05) is 48.0 Å². The number of anilines is 1. The number of aryl methyl sites for hydroxylation is 1. The quantitative estimate of drug-likeness (QED) is 0.446. The van der Waals surface area contributed by atoms with E-state index in [1.807, 2.05) is 62.4 Å². The molecule has 3 rings (SSSR count). The lowest BCUT2D eigenvalue weighted by atomic mass is 10.0. The monoisotopic (exact) mass is 390 g/mol. The summed E-state index contributed by atoms with van der Waals surface area (Å²) < 4.78 is 5.68. The number of benzene rings is 3. The second-order valence-corrected chi connectivity index (χ2v) is 6.65.